The van der Waals surface area contributed by atoms with Crippen LogP contribution in [0.1, 0.15) is 11.1 Å². The first-order chi connectivity index (χ1) is 9.16. The van der Waals surface area contributed by atoms with Gasteiger partial charge in [-0.3, -0.25) is 0 Å². The molecule has 2 aromatic rings. The number of hydrogen-bond donors (Lipinski definition) is 0. The first-order valence-corrected chi connectivity index (χ1v) is 7.48. The quantitative estimate of drug-likeness (QED) is 0.848. The van der Waals surface area contributed by atoms with Crippen molar-refractivity contribution in [1.82, 2.24) is 0 Å². The Morgan fingerprint density at radius 1 is 0.632 bits per heavy atom. The minimum atomic E-state index is -3.34. The zero-order valence-corrected chi connectivity index (χ0v) is 11.1. The van der Waals surface area contributed by atoms with Crippen LogP contribution in [0.25, 0.3) is 12.2 Å². The summed E-state index contributed by atoms with van der Waals surface area (Å²) in [6.07, 6.45) is 3.18. The zero-order valence-electron chi connectivity index (χ0n) is 10.3. The van der Waals surface area contributed by atoms with Gasteiger partial charge in [0.15, 0.2) is 9.84 Å². The van der Waals surface area contributed by atoms with E-state index < -0.39 is 9.84 Å². The standard InChI is InChI=1S/C16H14O2S/c17-19(18,13-11-15-7-3-1-4-8-15)14-12-16-9-5-2-6-10-16/h1-14H/b13-11+,14-12?. The van der Waals surface area contributed by atoms with Crippen LogP contribution in [0.3, 0.4) is 0 Å². The SMILES string of the molecule is O=S(=O)(C=Cc1ccccc1)/C=C/c1ccccc1. The van der Waals surface area contributed by atoms with Crippen LogP contribution in [0.4, 0.5) is 0 Å². The molecule has 96 valence electrons. The molecule has 0 amide bonds. The molecule has 0 spiro atoms. The van der Waals surface area contributed by atoms with E-state index in [4.69, 9.17) is 0 Å². The summed E-state index contributed by atoms with van der Waals surface area (Å²) in [6, 6.07) is 18.7. The van der Waals surface area contributed by atoms with Crippen LogP contribution in [-0.4, -0.2) is 8.42 Å². The lowest BCUT2D eigenvalue weighted by Gasteiger charge is -1.93. The minimum Gasteiger partial charge on any atom is -0.220 e. The van der Waals surface area contributed by atoms with Gasteiger partial charge in [0, 0.05) is 10.8 Å². The summed E-state index contributed by atoms with van der Waals surface area (Å²) in [7, 11) is -3.34. The van der Waals surface area contributed by atoms with E-state index in [0.29, 0.717) is 0 Å². The number of hydrogen-bond acceptors (Lipinski definition) is 2. The highest BCUT2D eigenvalue weighted by molar-refractivity contribution is 7.97. The molecule has 0 heterocycles. The maximum Gasteiger partial charge on any atom is 0.193 e. The fourth-order valence-electron chi connectivity index (χ4n) is 1.52. The third-order valence-electron chi connectivity index (χ3n) is 2.50. The average molecular weight is 270 g/mol. The van der Waals surface area contributed by atoms with Crippen LogP contribution in [0.5, 0.6) is 0 Å². The Kier molecular flexibility index (Phi) is 4.31. The predicted octanol–water partition coefficient (Wildman–Crippen LogP) is 3.74. The van der Waals surface area contributed by atoms with Gasteiger partial charge >= 0.3 is 0 Å². The van der Waals surface area contributed by atoms with E-state index in [-0.39, 0.29) is 0 Å². The van der Waals surface area contributed by atoms with Crippen molar-refractivity contribution in [2.24, 2.45) is 0 Å². The molecule has 0 saturated carbocycles. The molecule has 0 bridgehead atoms. The molecule has 0 fully saturated rings. The van der Waals surface area contributed by atoms with Gasteiger partial charge in [-0.2, -0.15) is 0 Å². The van der Waals surface area contributed by atoms with Crippen LogP contribution in [0.15, 0.2) is 71.5 Å². The average Bonchev–Trinajstić information content (AvgIpc) is 2.46. The zero-order chi connectivity index (χ0) is 13.6. The second-order valence-corrected chi connectivity index (χ2v) is 5.74. The fraction of sp³-hybridized carbons (Fsp3) is 0. The van der Waals surface area contributed by atoms with E-state index in [0.717, 1.165) is 11.1 Å². The van der Waals surface area contributed by atoms with E-state index in [1.165, 1.54) is 10.8 Å². The maximum atomic E-state index is 11.8. The summed E-state index contributed by atoms with van der Waals surface area (Å²) in [4.78, 5) is 0. The number of sulfone groups is 1. The normalized spacial score (nSPS) is 12.2. The minimum absolute atomic E-state index is 0.860. The Balaban J connectivity index is 2.12. The topological polar surface area (TPSA) is 34.1 Å². The molecule has 2 aromatic carbocycles. The van der Waals surface area contributed by atoms with E-state index in [9.17, 15) is 8.42 Å². The molecule has 0 aliphatic heterocycles. The largest absolute Gasteiger partial charge is 0.220 e. The van der Waals surface area contributed by atoms with Crippen molar-refractivity contribution in [2.45, 2.75) is 0 Å². The van der Waals surface area contributed by atoms with Gasteiger partial charge in [-0.1, -0.05) is 60.7 Å². The maximum absolute atomic E-state index is 11.8. The van der Waals surface area contributed by atoms with Gasteiger partial charge in [-0.05, 0) is 23.3 Å². The summed E-state index contributed by atoms with van der Waals surface area (Å²) in [5.41, 5.74) is 1.72. The van der Waals surface area contributed by atoms with Crippen LogP contribution in [0, 0.1) is 0 Å². The molecule has 0 atom stereocenters. The van der Waals surface area contributed by atoms with E-state index >= 15 is 0 Å². The lowest BCUT2D eigenvalue weighted by molar-refractivity contribution is 0.613. The number of rotatable bonds is 4. The Bertz CT molecular complexity index is 614. The first-order valence-electron chi connectivity index (χ1n) is 5.87. The third kappa shape index (κ3) is 4.56. The summed E-state index contributed by atoms with van der Waals surface area (Å²) < 4.78 is 23.6. The van der Waals surface area contributed by atoms with E-state index in [2.05, 4.69) is 0 Å². The molecule has 19 heavy (non-hydrogen) atoms. The molecule has 2 nitrogen and oxygen atoms in total. The van der Waals surface area contributed by atoms with Gasteiger partial charge in [0.2, 0.25) is 0 Å². The molecular formula is C16H14O2S. The summed E-state index contributed by atoms with van der Waals surface area (Å²) in [6.45, 7) is 0. The van der Waals surface area contributed by atoms with Crippen LogP contribution in [-0.2, 0) is 9.84 Å². The van der Waals surface area contributed by atoms with Gasteiger partial charge in [0.25, 0.3) is 0 Å². The molecule has 0 aromatic heterocycles. The summed E-state index contributed by atoms with van der Waals surface area (Å²) in [5.74, 6) is 0. The smallest absolute Gasteiger partial charge is 0.193 e. The van der Waals surface area contributed by atoms with Crippen molar-refractivity contribution in [2.75, 3.05) is 0 Å². The highest BCUT2D eigenvalue weighted by atomic mass is 32.2. The molecule has 0 saturated heterocycles. The van der Waals surface area contributed by atoms with Crippen molar-refractivity contribution in [3.63, 3.8) is 0 Å². The first kappa shape index (κ1) is 13.3. The van der Waals surface area contributed by atoms with Crippen LogP contribution < -0.4 is 0 Å². The lowest BCUT2D eigenvalue weighted by Crippen LogP contribution is -1.87. The van der Waals surface area contributed by atoms with Crippen molar-refractivity contribution in [3.8, 4) is 0 Å². The Labute approximate surface area is 113 Å². The highest BCUT2D eigenvalue weighted by Gasteiger charge is 1.99. The van der Waals surface area contributed by atoms with E-state index in [1.54, 1.807) is 12.2 Å². The molecular weight excluding hydrogens is 256 g/mol. The van der Waals surface area contributed by atoms with Crippen molar-refractivity contribution in [3.05, 3.63) is 82.6 Å². The molecule has 0 unspecified atom stereocenters. The van der Waals surface area contributed by atoms with Gasteiger partial charge in [0.1, 0.15) is 0 Å². The third-order valence-corrected chi connectivity index (χ3v) is 3.53. The van der Waals surface area contributed by atoms with Gasteiger partial charge in [-0.25, -0.2) is 8.42 Å². The van der Waals surface area contributed by atoms with Gasteiger partial charge < -0.3 is 0 Å². The lowest BCUT2D eigenvalue weighted by atomic mass is 10.2. The fourth-order valence-corrected chi connectivity index (χ4v) is 2.30. The molecule has 0 aliphatic carbocycles. The second-order valence-electron chi connectivity index (χ2n) is 4.02. The van der Waals surface area contributed by atoms with Crippen LogP contribution in [0.2, 0.25) is 0 Å². The highest BCUT2D eigenvalue weighted by Crippen LogP contribution is 2.07. The molecule has 0 radical (unpaired) electrons. The second kappa shape index (κ2) is 6.16. The molecule has 0 aliphatic rings. The van der Waals surface area contributed by atoms with Gasteiger partial charge in [-0.15, -0.1) is 0 Å². The Morgan fingerprint density at radius 2 is 1.00 bits per heavy atom. The van der Waals surface area contributed by atoms with Crippen molar-refractivity contribution >= 4 is 22.0 Å². The molecule has 2 rings (SSSR count). The summed E-state index contributed by atoms with van der Waals surface area (Å²) in [5, 5.41) is 2.42. The van der Waals surface area contributed by atoms with Crippen molar-refractivity contribution < 1.29 is 8.42 Å². The monoisotopic (exact) mass is 270 g/mol. The van der Waals surface area contributed by atoms with Crippen molar-refractivity contribution in [1.29, 1.82) is 0 Å². The van der Waals surface area contributed by atoms with E-state index in [1.807, 2.05) is 60.7 Å². The van der Waals surface area contributed by atoms with Gasteiger partial charge in [0.05, 0.1) is 0 Å². The Morgan fingerprint density at radius 3 is 1.37 bits per heavy atom. The molecule has 3 heteroatoms. The summed E-state index contributed by atoms with van der Waals surface area (Å²) >= 11 is 0. The Hall–Kier alpha value is -2.13. The molecule has 0 N–H and O–H groups in total. The predicted molar refractivity (Wildman–Crippen MR) is 79.9 cm³/mol. The number of benzene rings is 2. The van der Waals surface area contributed by atoms with Crippen LogP contribution >= 0.6 is 0 Å².